The molecule has 1 fully saturated rings. The summed E-state index contributed by atoms with van der Waals surface area (Å²) in [5.74, 6) is 1.92. The van der Waals surface area contributed by atoms with Gasteiger partial charge in [0.2, 0.25) is 5.88 Å². The fourth-order valence-corrected chi connectivity index (χ4v) is 2.39. The number of nitrogens with two attached hydrogens (primary N) is 1. The van der Waals surface area contributed by atoms with Crippen LogP contribution in [0.3, 0.4) is 0 Å². The molecule has 3 N–H and O–H groups in total. The SMILES string of the molecule is CCCOc1cncc(NC2CCCC2CN)n1. The molecule has 0 saturated heterocycles. The van der Waals surface area contributed by atoms with Gasteiger partial charge in [-0.15, -0.1) is 0 Å². The normalized spacial score (nSPS) is 23.0. The molecule has 5 nitrogen and oxygen atoms in total. The van der Waals surface area contributed by atoms with Gasteiger partial charge in [0.05, 0.1) is 19.0 Å². The van der Waals surface area contributed by atoms with Crippen LogP contribution in [0.1, 0.15) is 32.6 Å². The third-order valence-corrected chi connectivity index (χ3v) is 3.36. The van der Waals surface area contributed by atoms with E-state index in [2.05, 4.69) is 22.2 Å². The molecule has 2 rings (SSSR count). The Morgan fingerprint density at radius 1 is 1.44 bits per heavy atom. The molecule has 1 aromatic heterocycles. The van der Waals surface area contributed by atoms with Gasteiger partial charge in [-0.05, 0) is 31.7 Å². The summed E-state index contributed by atoms with van der Waals surface area (Å²) in [7, 11) is 0. The zero-order valence-corrected chi connectivity index (χ0v) is 10.9. The lowest BCUT2D eigenvalue weighted by atomic mass is 10.0. The Morgan fingerprint density at radius 2 is 2.33 bits per heavy atom. The van der Waals surface area contributed by atoms with Crippen molar-refractivity contribution in [1.29, 1.82) is 0 Å². The highest BCUT2D eigenvalue weighted by Gasteiger charge is 2.26. The highest BCUT2D eigenvalue weighted by atomic mass is 16.5. The van der Waals surface area contributed by atoms with Crippen molar-refractivity contribution in [1.82, 2.24) is 9.97 Å². The van der Waals surface area contributed by atoms with Crippen molar-refractivity contribution in [3.63, 3.8) is 0 Å². The molecule has 0 aromatic carbocycles. The van der Waals surface area contributed by atoms with Crippen LogP contribution >= 0.6 is 0 Å². The van der Waals surface area contributed by atoms with E-state index in [9.17, 15) is 0 Å². The topological polar surface area (TPSA) is 73.1 Å². The van der Waals surface area contributed by atoms with Gasteiger partial charge in [0.15, 0.2) is 0 Å². The summed E-state index contributed by atoms with van der Waals surface area (Å²) >= 11 is 0. The summed E-state index contributed by atoms with van der Waals surface area (Å²) < 4.78 is 5.48. The average molecular weight is 250 g/mol. The number of nitrogens with one attached hydrogen (secondary N) is 1. The lowest BCUT2D eigenvalue weighted by Crippen LogP contribution is -2.29. The van der Waals surface area contributed by atoms with E-state index in [1.54, 1.807) is 12.4 Å². The molecular formula is C13H22N4O. The fraction of sp³-hybridized carbons (Fsp3) is 0.692. The van der Waals surface area contributed by atoms with Crippen molar-refractivity contribution in [3.8, 4) is 5.88 Å². The fourth-order valence-electron chi connectivity index (χ4n) is 2.39. The van der Waals surface area contributed by atoms with Gasteiger partial charge in [-0.25, -0.2) is 0 Å². The second kappa shape index (κ2) is 6.54. The van der Waals surface area contributed by atoms with Crippen molar-refractivity contribution in [3.05, 3.63) is 12.4 Å². The van der Waals surface area contributed by atoms with Gasteiger partial charge in [0.1, 0.15) is 5.82 Å². The maximum atomic E-state index is 5.77. The molecule has 100 valence electrons. The highest BCUT2D eigenvalue weighted by Crippen LogP contribution is 2.27. The molecule has 1 saturated carbocycles. The van der Waals surface area contributed by atoms with E-state index >= 15 is 0 Å². The molecular weight excluding hydrogens is 228 g/mol. The van der Waals surface area contributed by atoms with Crippen LogP contribution in [0.15, 0.2) is 12.4 Å². The first-order chi connectivity index (χ1) is 8.83. The molecule has 0 bridgehead atoms. The Balaban J connectivity index is 1.96. The largest absolute Gasteiger partial charge is 0.477 e. The molecule has 2 atom stereocenters. The van der Waals surface area contributed by atoms with Crippen LogP contribution in [0.5, 0.6) is 5.88 Å². The van der Waals surface area contributed by atoms with Crippen molar-refractivity contribution >= 4 is 5.82 Å². The van der Waals surface area contributed by atoms with Crippen molar-refractivity contribution in [2.45, 2.75) is 38.6 Å². The average Bonchev–Trinajstić information content (AvgIpc) is 2.84. The molecule has 1 heterocycles. The highest BCUT2D eigenvalue weighted by molar-refractivity contribution is 5.35. The van der Waals surface area contributed by atoms with E-state index in [4.69, 9.17) is 10.5 Å². The van der Waals surface area contributed by atoms with Crippen molar-refractivity contribution in [2.75, 3.05) is 18.5 Å². The first-order valence-electron chi connectivity index (χ1n) is 6.75. The van der Waals surface area contributed by atoms with Gasteiger partial charge in [-0.1, -0.05) is 13.3 Å². The second-order valence-electron chi connectivity index (χ2n) is 4.77. The molecule has 0 spiro atoms. The van der Waals surface area contributed by atoms with Crippen LogP contribution in [0.4, 0.5) is 5.82 Å². The molecule has 0 amide bonds. The first-order valence-corrected chi connectivity index (χ1v) is 6.75. The van der Waals surface area contributed by atoms with Gasteiger partial charge in [0, 0.05) is 6.04 Å². The lowest BCUT2D eigenvalue weighted by molar-refractivity contribution is 0.304. The van der Waals surface area contributed by atoms with E-state index in [0.29, 0.717) is 24.4 Å². The van der Waals surface area contributed by atoms with Gasteiger partial charge in [0.25, 0.3) is 0 Å². The standard InChI is InChI=1S/C13H22N4O/c1-2-6-18-13-9-15-8-12(17-13)16-11-5-3-4-10(11)7-14/h8-11H,2-7,14H2,1H3,(H,16,17). The van der Waals surface area contributed by atoms with Crippen LogP contribution in [0, 0.1) is 5.92 Å². The van der Waals surface area contributed by atoms with Gasteiger partial charge >= 0.3 is 0 Å². The second-order valence-corrected chi connectivity index (χ2v) is 4.77. The minimum atomic E-state index is 0.422. The van der Waals surface area contributed by atoms with Gasteiger partial charge in [-0.2, -0.15) is 4.98 Å². The Bertz CT molecular complexity index is 372. The number of ether oxygens (including phenoxy) is 1. The molecule has 0 radical (unpaired) electrons. The van der Waals surface area contributed by atoms with Crippen LogP contribution in [0.25, 0.3) is 0 Å². The molecule has 1 aromatic rings. The first kappa shape index (κ1) is 13.1. The molecule has 18 heavy (non-hydrogen) atoms. The summed E-state index contributed by atoms with van der Waals surface area (Å²) in [6, 6.07) is 0.422. The predicted molar refractivity (Wildman–Crippen MR) is 71.6 cm³/mol. The number of rotatable bonds is 6. The van der Waals surface area contributed by atoms with Gasteiger partial charge in [-0.3, -0.25) is 4.98 Å². The van der Waals surface area contributed by atoms with E-state index in [1.165, 1.54) is 12.8 Å². The Hall–Kier alpha value is -1.36. The summed E-state index contributed by atoms with van der Waals surface area (Å²) in [5.41, 5.74) is 5.77. The third kappa shape index (κ3) is 3.32. The molecule has 5 heteroatoms. The minimum Gasteiger partial charge on any atom is -0.477 e. The quantitative estimate of drug-likeness (QED) is 0.805. The lowest BCUT2D eigenvalue weighted by Gasteiger charge is -2.19. The van der Waals surface area contributed by atoms with Crippen LogP contribution < -0.4 is 15.8 Å². The number of aromatic nitrogens is 2. The van der Waals surface area contributed by atoms with E-state index in [0.717, 1.165) is 25.2 Å². The Morgan fingerprint density at radius 3 is 3.11 bits per heavy atom. The summed E-state index contributed by atoms with van der Waals surface area (Å²) in [6.45, 7) is 3.48. The minimum absolute atomic E-state index is 0.422. The van der Waals surface area contributed by atoms with Gasteiger partial charge < -0.3 is 15.8 Å². The van der Waals surface area contributed by atoms with E-state index in [1.807, 2.05) is 0 Å². The molecule has 0 aliphatic heterocycles. The number of hydrogen-bond acceptors (Lipinski definition) is 5. The zero-order chi connectivity index (χ0) is 12.8. The number of hydrogen-bond donors (Lipinski definition) is 2. The summed E-state index contributed by atoms with van der Waals surface area (Å²) in [5, 5.41) is 3.43. The molecule has 1 aliphatic rings. The maximum Gasteiger partial charge on any atom is 0.234 e. The summed E-state index contributed by atoms with van der Waals surface area (Å²) in [4.78, 5) is 8.56. The Kier molecular flexibility index (Phi) is 4.75. The molecule has 1 aliphatic carbocycles. The van der Waals surface area contributed by atoms with Crippen LogP contribution in [-0.4, -0.2) is 29.2 Å². The van der Waals surface area contributed by atoms with Crippen molar-refractivity contribution < 1.29 is 4.74 Å². The smallest absolute Gasteiger partial charge is 0.234 e. The number of nitrogens with zero attached hydrogens (tertiary/aromatic N) is 2. The Labute approximate surface area is 108 Å². The van der Waals surface area contributed by atoms with E-state index < -0.39 is 0 Å². The van der Waals surface area contributed by atoms with Crippen LogP contribution in [-0.2, 0) is 0 Å². The van der Waals surface area contributed by atoms with Crippen molar-refractivity contribution in [2.24, 2.45) is 11.7 Å². The van der Waals surface area contributed by atoms with E-state index in [-0.39, 0.29) is 0 Å². The van der Waals surface area contributed by atoms with Crippen LogP contribution in [0.2, 0.25) is 0 Å². The predicted octanol–water partition coefficient (Wildman–Crippen LogP) is 1.80. The maximum absolute atomic E-state index is 5.77. The zero-order valence-electron chi connectivity index (χ0n) is 10.9. The summed E-state index contributed by atoms with van der Waals surface area (Å²) in [6.07, 6.45) is 7.95. The third-order valence-electron chi connectivity index (χ3n) is 3.36. The monoisotopic (exact) mass is 250 g/mol. The molecule has 2 unspecified atom stereocenters. The number of anilines is 1.